The summed E-state index contributed by atoms with van der Waals surface area (Å²) >= 11 is 4.77. The lowest BCUT2D eigenvalue weighted by atomic mass is 10.0. The summed E-state index contributed by atoms with van der Waals surface area (Å²) in [4.78, 5) is 12.5. The summed E-state index contributed by atoms with van der Waals surface area (Å²) in [6, 6.07) is 12.1. The zero-order chi connectivity index (χ0) is 15.5. The van der Waals surface area contributed by atoms with Crippen molar-refractivity contribution >= 4 is 28.8 Å². The van der Waals surface area contributed by atoms with Crippen LogP contribution >= 0.6 is 12.2 Å². The van der Waals surface area contributed by atoms with E-state index >= 15 is 0 Å². The Morgan fingerprint density at radius 3 is 2.32 bits per heavy atom. The fraction of sp³-hybridized carbons (Fsp3) is 0.125. The fourth-order valence-electron chi connectivity index (χ4n) is 2.20. The molecule has 0 radical (unpaired) electrons. The molecule has 1 aliphatic rings. The lowest BCUT2D eigenvalue weighted by Crippen LogP contribution is -2.18. The van der Waals surface area contributed by atoms with Gasteiger partial charge in [-0.15, -0.1) is 0 Å². The molecule has 0 bridgehead atoms. The average molecular weight is 314 g/mol. The second-order valence-corrected chi connectivity index (χ2v) is 5.19. The molecule has 2 aromatic carbocycles. The maximum atomic E-state index is 12.5. The lowest BCUT2D eigenvalue weighted by Gasteiger charge is -2.18. The second kappa shape index (κ2) is 6.03. The van der Waals surface area contributed by atoms with Crippen molar-refractivity contribution in [3.05, 3.63) is 53.6 Å². The molecule has 1 aliphatic heterocycles. The molecule has 0 aliphatic carbocycles. The van der Waals surface area contributed by atoms with Gasteiger partial charge >= 0.3 is 0 Å². The number of thiocarbonyl (C=S) groups is 1. The quantitative estimate of drug-likeness (QED) is 0.669. The van der Waals surface area contributed by atoms with Gasteiger partial charge in [0.05, 0.1) is 0 Å². The van der Waals surface area contributed by atoms with E-state index in [0.29, 0.717) is 35.8 Å². The molecule has 0 amide bonds. The molecule has 2 aromatic rings. The van der Waals surface area contributed by atoms with E-state index in [1.165, 1.54) is 0 Å². The third-order valence-electron chi connectivity index (χ3n) is 3.22. The maximum Gasteiger partial charge on any atom is 0.193 e. The number of carbonyl (C=O) groups is 1. The van der Waals surface area contributed by atoms with Crippen molar-refractivity contribution in [2.24, 2.45) is 5.73 Å². The minimum Gasteiger partial charge on any atom is -0.486 e. The summed E-state index contributed by atoms with van der Waals surface area (Å²) in [5.41, 5.74) is 7.28. The van der Waals surface area contributed by atoms with Crippen molar-refractivity contribution in [1.82, 2.24) is 0 Å². The van der Waals surface area contributed by atoms with Crippen molar-refractivity contribution in [1.29, 1.82) is 0 Å². The largest absolute Gasteiger partial charge is 0.486 e. The van der Waals surface area contributed by atoms with E-state index in [9.17, 15) is 4.79 Å². The number of benzene rings is 2. The Balaban J connectivity index is 1.82. The van der Waals surface area contributed by atoms with Crippen LogP contribution in [0.5, 0.6) is 11.5 Å². The SMILES string of the molecule is NC(=S)Nc1ccc(C(=O)c2ccc3c(c2)OCCO3)cc1. The maximum absolute atomic E-state index is 12.5. The van der Waals surface area contributed by atoms with Crippen LogP contribution in [0.25, 0.3) is 0 Å². The molecule has 1 heterocycles. The minimum atomic E-state index is -0.0844. The van der Waals surface area contributed by atoms with Crippen molar-refractivity contribution in [3.8, 4) is 11.5 Å². The number of hydrogen-bond acceptors (Lipinski definition) is 4. The summed E-state index contributed by atoms with van der Waals surface area (Å²) in [7, 11) is 0. The van der Waals surface area contributed by atoms with Crippen molar-refractivity contribution < 1.29 is 14.3 Å². The fourth-order valence-corrected chi connectivity index (χ4v) is 2.32. The van der Waals surface area contributed by atoms with Crippen LogP contribution in [0.4, 0.5) is 5.69 Å². The van der Waals surface area contributed by atoms with Gasteiger partial charge in [-0.25, -0.2) is 0 Å². The van der Waals surface area contributed by atoms with Crippen LogP contribution in [0.2, 0.25) is 0 Å². The molecule has 6 heteroatoms. The molecule has 22 heavy (non-hydrogen) atoms. The first kappa shape index (κ1) is 14.3. The number of nitrogens with two attached hydrogens (primary N) is 1. The summed E-state index contributed by atoms with van der Waals surface area (Å²) in [5.74, 6) is 1.18. The standard InChI is InChI=1S/C16H14N2O3S/c17-16(22)18-12-4-1-10(2-5-12)15(19)11-3-6-13-14(9-11)21-8-7-20-13/h1-6,9H,7-8H2,(H3,17,18,22). The van der Waals surface area contributed by atoms with E-state index in [0.717, 1.165) is 5.69 Å². The van der Waals surface area contributed by atoms with Crippen LogP contribution in [-0.4, -0.2) is 24.1 Å². The smallest absolute Gasteiger partial charge is 0.193 e. The highest BCUT2D eigenvalue weighted by atomic mass is 32.1. The molecule has 112 valence electrons. The number of ether oxygens (including phenoxy) is 2. The molecule has 0 saturated heterocycles. The van der Waals surface area contributed by atoms with E-state index in [1.807, 2.05) is 0 Å². The molecule has 0 spiro atoms. The van der Waals surface area contributed by atoms with Gasteiger partial charge in [-0.2, -0.15) is 0 Å². The van der Waals surface area contributed by atoms with Crippen LogP contribution in [-0.2, 0) is 0 Å². The molecule has 0 saturated carbocycles. The van der Waals surface area contributed by atoms with E-state index < -0.39 is 0 Å². The lowest BCUT2D eigenvalue weighted by molar-refractivity contribution is 0.103. The van der Waals surface area contributed by atoms with Gasteiger partial charge in [0.2, 0.25) is 0 Å². The van der Waals surface area contributed by atoms with Crippen LogP contribution < -0.4 is 20.5 Å². The number of carbonyl (C=O) groups excluding carboxylic acids is 1. The van der Waals surface area contributed by atoms with Crippen molar-refractivity contribution in [2.45, 2.75) is 0 Å². The average Bonchev–Trinajstić information content (AvgIpc) is 2.54. The number of nitrogens with one attached hydrogen (secondary N) is 1. The molecular formula is C16H14N2O3S. The highest BCUT2D eigenvalue weighted by Gasteiger charge is 2.16. The number of hydrogen-bond donors (Lipinski definition) is 2. The molecule has 3 N–H and O–H groups in total. The number of rotatable bonds is 3. The number of ketones is 1. The summed E-state index contributed by atoms with van der Waals surface area (Å²) in [6.07, 6.45) is 0. The Kier molecular flexibility index (Phi) is 3.93. The zero-order valence-electron chi connectivity index (χ0n) is 11.7. The molecule has 5 nitrogen and oxygen atoms in total. The first-order valence-corrected chi connectivity index (χ1v) is 7.15. The van der Waals surface area contributed by atoms with Gasteiger partial charge in [-0.05, 0) is 54.7 Å². The molecule has 0 atom stereocenters. The number of fused-ring (bicyclic) bond motifs is 1. The molecular weight excluding hydrogens is 300 g/mol. The van der Waals surface area contributed by atoms with Crippen LogP contribution in [0.1, 0.15) is 15.9 Å². The van der Waals surface area contributed by atoms with Gasteiger partial charge in [-0.3, -0.25) is 4.79 Å². The summed E-state index contributed by atoms with van der Waals surface area (Å²) in [5, 5.41) is 3.00. The van der Waals surface area contributed by atoms with E-state index in [2.05, 4.69) is 5.32 Å². The van der Waals surface area contributed by atoms with Crippen molar-refractivity contribution in [3.63, 3.8) is 0 Å². The van der Waals surface area contributed by atoms with Gasteiger partial charge in [0.25, 0.3) is 0 Å². The highest BCUT2D eigenvalue weighted by molar-refractivity contribution is 7.80. The van der Waals surface area contributed by atoms with Gasteiger partial charge in [0.1, 0.15) is 13.2 Å². The minimum absolute atomic E-state index is 0.0844. The van der Waals surface area contributed by atoms with Crippen LogP contribution in [0.15, 0.2) is 42.5 Å². The first-order valence-electron chi connectivity index (χ1n) is 6.74. The third kappa shape index (κ3) is 3.01. The van der Waals surface area contributed by atoms with Gasteiger partial charge in [0.15, 0.2) is 22.4 Å². The van der Waals surface area contributed by atoms with Gasteiger partial charge in [-0.1, -0.05) is 0 Å². The highest BCUT2D eigenvalue weighted by Crippen LogP contribution is 2.31. The predicted molar refractivity (Wildman–Crippen MR) is 87.7 cm³/mol. The van der Waals surface area contributed by atoms with Crippen LogP contribution in [0.3, 0.4) is 0 Å². The predicted octanol–water partition coefficient (Wildman–Crippen LogP) is 2.34. The Bertz CT molecular complexity index is 729. The van der Waals surface area contributed by atoms with Crippen LogP contribution in [0, 0.1) is 0 Å². The summed E-state index contributed by atoms with van der Waals surface area (Å²) < 4.78 is 10.9. The van der Waals surface area contributed by atoms with E-state index in [4.69, 9.17) is 27.4 Å². The van der Waals surface area contributed by atoms with Gasteiger partial charge in [0, 0.05) is 16.8 Å². The second-order valence-electron chi connectivity index (χ2n) is 4.75. The third-order valence-corrected chi connectivity index (χ3v) is 3.32. The first-order chi connectivity index (χ1) is 10.6. The Morgan fingerprint density at radius 1 is 1.00 bits per heavy atom. The topological polar surface area (TPSA) is 73.6 Å². The molecule has 3 rings (SSSR count). The number of anilines is 1. The normalized spacial score (nSPS) is 12.5. The Labute approximate surface area is 133 Å². The van der Waals surface area contributed by atoms with Crippen molar-refractivity contribution in [2.75, 3.05) is 18.5 Å². The van der Waals surface area contributed by atoms with Gasteiger partial charge < -0.3 is 20.5 Å². The molecule has 0 unspecified atom stereocenters. The molecule has 0 aromatic heterocycles. The Hall–Kier alpha value is -2.60. The zero-order valence-corrected chi connectivity index (χ0v) is 12.5. The molecule has 0 fully saturated rings. The monoisotopic (exact) mass is 314 g/mol. The van der Waals surface area contributed by atoms with E-state index in [-0.39, 0.29) is 10.9 Å². The summed E-state index contributed by atoms with van der Waals surface area (Å²) in [6.45, 7) is 1.02. The van der Waals surface area contributed by atoms with E-state index in [1.54, 1.807) is 42.5 Å². The Morgan fingerprint density at radius 2 is 1.64 bits per heavy atom.